The molecule has 2 saturated heterocycles. The summed E-state index contributed by atoms with van der Waals surface area (Å²) >= 11 is 5.82. The van der Waals surface area contributed by atoms with Gasteiger partial charge in [-0.1, -0.05) is 25.4 Å². The van der Waals surface area contributed by atoms with E-state index in [0.29, 0.717) is 23.8 Å². The normalized spacial score (nSPS) is 23.2. The number of rotatable bonds is 6. The Morgan fingerprint density at radius 1 is 1.23 bits per heavy atom. The maximum Gasteiger partial charge on any atom is 0.251 e. The van der Waals surface area contributed by atoms with Crippen molar-refractivity contribution in [3.8, 4) is 0 Å². The van der Waals surface area contributed by atoms with Crippen LogP contribution in [0.3, 0.4) is 0 Å². The van der Waals surface area contributed by atoms with Gasteiger partial charge in [-0.25, -0.2) is 4.39 Å². The number of hydrogen-bond donors (Lipinski definition) is 1. The summed E-state index contributed by atoms with van der Waals surface area (Å²) in [5, 5.41) is 3.14. The second kappa shape index (κ2) is 8.12. The minimum Gasteiger partial charge on any atom is -0.352 e. The van der Waals surface area contributed by atoms with Crippen molar-refractivity contribution in [3.63, 3.8) is 0 Å². The van der Waals surface area contributed by atoms with Crippen LogP contribution < -0.4 is 5.32 Å². The number of halogens is 2. The fourth-order valence-electron chi connectivity index (χ4n) is 5.48. The number of nitrogens with one attached hydrogen (secondary N) is 1. The van der Waals surface area contributed by atoms with Gasteiger partial charge in [0.25, 0.3) is 5.91 Å². The Morgan fingerprint density at radius 2 is 1.97 bits per heavy atom. The van der Waals surface area contributed by atoms with E-state index in [0.717, 1.165) is 58.4 Å². The first-order valence-electron chi connectivity index (χ1n) is 10.9. The molecule has 1 spiro atoms. The zero-order valence-corrected chi connectivity index (χ0v) is 18.6. The molecule has 1 aliphatic carbocycles. The highest BCUT2D eigenvalue weighted by Gasteiger charge is 2.51. The monoisotopic (exact) mass is 435 g/mol. The van der Waals surface area contributed by atoms with Gasteiger partial charge >= 0.3 is 0 Å². The first kappa shape index (κ1) is 21.6. The van der Waals surface area contributed by atoms with E-state index < -0.39 is 5.82 Å². The Balaban J connectivity index is 1.15. The molecule has 3 fully saturated rings. The molecule has 0 atom stereocenters. The molecule has 2 aliphatic heterocycles. The van der Waals surface area contributed by atoms with Gasteiger partial charge in [-0.2, -0.15) is 0 Å². The van der Waals surface area contributed by atoms with Crippen LogP contribution in [0.15, 0.2) is 18.2 Å². The van der Waals surface area contributed by atoms with Crippen molar-refractivity contribution in [3.05, 3.63) is 34.6 Å². The third-order valence-corrected chi connectivity index (χ3v) is 7.24. The van der Waals surface area contributed by atoms with Crippen LogP contribution in [0.5, 0.6) is 0 Å². The van der Waals surface area contributed by atoms with Crippen LogP contribution in [0.2, 0.25) is 5.02 Å². The lowest BCUT2D eigenvalue weighted by Crippen LogP contribution is -2.64. The minimum atomic E-state index is -0.500. The quantitative estimate of drug-likeness (QED) is 0.743. The van der Waals surface area contributed by atoms with Crippen LogP contribution in [0.4, 0.5) is 4.39 Å². The van der Waals surface area contributed by atoms with Crippen molar-refractivity contribution in [1.82, 2.24) is 15.1 Å². The Labute approximate surface area is 182 Å². The van der Waals surface area contributed by atoms with E-state index in [2.05, 4.69) is 24.1 Å². The molecule has 0 radical (unpaired) electrons. The molecule has 1 aromatic rings. The first-order chi connectivity index (χ1) is 14.2. The predicted molar refractivity (Wildman–Crippen MR) is 115 cm³/mol. The van der Waals surface area contributed by atoms with E-state index >= 15 is 0 Å². The highest BCUT2D eigenvalue weighted by atomic mass is 35.5. The summed E-state index contributed by atoms with van der Waals surface area (Å²) in [4.78, 5) is 29.2. The number of carbonyl (C=O) groups excluding carboxylic acids is 2. The third kappa shape index (κ3) is 4.50. The molecule has 4 rings (SSSR count). The van der Waals surface area contributed by atoms with Gasteiger partial charge in [-0.05, 0) is 55.2 Å². The lowest BCUT2D eigenvalue weighted by Gasteiger charge is -2.59. The Hall–Kier alpha value is -1.66. The van der Waals surface area contributed by atoms with Gasteiger partial charge < -0.3 is 15.1 Å². The van der Waals surface area contributed by atoms with Crippen LogP contribution in [0.1, 0.15) is 49.9 Å². The summed E-state index contributed by atoms with van der Waals surface area (Å²) < 4.78 is 13.4. The molecule has 7 heteroatoms. The highest BCUT2D eigenvalue weighted by molar-refractivity contribution is 6.31. The van der Waals surface area contributed by atoms with Gasteiger partial charge in [0.1, 0.15) is 5.82 Å². The summed E-state index contributed by atoms with van der Waals surface area (Å²) in [6, 6.07) is 3.89. The second-order valence-corrected chi connectivity index (χ2v) is 10.6. The standard InChI is InChI=1S/C23H31ClFN3O2/c1-22(2)4-3-5-28(21(22)30)7-6-27-14-23(15-27)11-16(12-23)13-26-20(29)17-8-18(24)10-19(25)9-17/h8-10,16H,3-7,11-15H2,1-2H3,(H,26,29). The second-order valence-electron chi connectivity index (χ2n) is 10.1. The molecule has 5 nitrogen and oxygen atoms in total. The molecule has 1 N–H and O–H groups in total. The summed E-state index contributed by atoms with van der Waals surface area (Å²) in [5.74, 6) is -0.00560. The van der Waals surface area contributed by atoms with Crippen molar-refractivity contribution in [2.24, 2.45) is 16.7 Å². The van der Waals surface area contributed by atoms with Crippen molar-refractivity contribution in [2.45, 2.75) is 39.5 Å². The Kier molecular flexibility index (Phi) is 5.84. The topological polar surface area (TPSA) is 52.6 Å². The van der Waals surface area contributed by atoms with Gasteiger partial charge in [-0.3, -0.25) is 9.59 Å². The molecule has 3 aliphatic rings. The molecule has 1 saturated carbocycles. The van der Waals surface area contributed by atoms with E-state index in [1.807, 2.05) is 4.90 Å². The predicted octanol–water partition coefficient (Wildman–Crippen LogP) is 3.57. The Morgan fingerprint density at radius 3 is 2.67 bits per heavy atom. The number of piperidine rings is 1. The van der Waals surface area contributed by atoms with Crippen LogP contribution in [0, 0.1) is 22.6 Å². The lowest BCUT2D eigenvalue weighted by atomic mass is 9.57. The number of hydrogen-bond acceptors (Lipinski definition) is 3. The van der Waals surface area contributed by atoms with Crippen molar-refractivity contribution < 1.29 is 14.0 Å². The van der Waals surface area contributed by atoms with Crippen molar-refractivity contribution >= 4 is 23.4 Å². The van der Waals surface area contributed by atoms with E-state index in [1.165, 1.54) is 18.2 Å². The van der Waals surface area contributed by atoms with Gasteiger partial charge in [0.05, 0.1) is 0 Å². The molecule has 164 valence electrons. The van der Waals surface area contributed by atoms with E-state index in [9.17, 15) is 14.0 Å². The molecule has 30 heavy (non-hydrogen) atoms. The summed E-state index contributed by atoms with van der Waals surface area (Å²) in [7, 11) is 0. The van der Waals surface area contributed by atoms with Gasteiger partial charge in [0, 0.05) is 55.3 Å². The molecule has 1 aromatic carbocycles. The van der Waals surface area contributed by atoms with Gasteiger partial charge in [0.15, 0.2) is 0 Å². The average molecular weight is 436 g/mol. The van der Waals surface area contributed by atoms with Crippen molar-refractivity contribution in [2.75, 3.05) is 39.3 Å². The average Bonchev–Trinajstić information content (AvgIpc) is 2.60. The van der Waals surface area contributed by atoms with E-state index in [1.54, 1.807) is 0 Å². The van der Waals surface area contributed by atoms with Gasteiger partial charge in [0.2, 0.25) is 5.91 Å². The zero-order valence-electron chi connectivity index (χ0n) is 17.8. The number of amides is 2. The molecule has 2 heterocycles. The van der Waals surface area contributed by atoms with Gasteiger partial charge in [-0.15, -0.1) is 0 Å². The molecule has 2 amide bonds. The molecular formula is C23H31ClFN3O2. The smallest absolute Gasteiger partial charge is 0.251 e. The summed E-state index contributed by atoms with van der Waals surface area (Å²) in [6.45, 7) is 9.56. The largest absolute Gasteiger partial charge is 0.352 e. The van der Waals surface area contributed by atoms with Crippen molar-refractivity contribution in [1.29, 1.82) is 0 Å². The highest BCUT2D eigenvalue weighted by Crippen LogP contribution is 2.51. The fourth-order valence-corrected chi connectivity index (χ4v) is 5.70. The van der Waals surface area contributed by atoms with Crippen LogP contribution >= 0.6 is 11.6 Å². The molecular weight excluding hydrogens is 405 g/mol. The third-order valence-electron chi connectivity index (χ3n) is 7.02. The SMILES string of the molecule is CC1(C)CCCN(CCN2CC3(CC(CNC(=O)c4cc(F)cc(Cl)c4)C3)C2)C1=O. The lowest BCUT2D eigenvalue weighted by molar-refractivity contribution is -0.145. The zero-order chi connectivity index (χ0) is 21.5. The maximum absolute atomic E-state index is 13.4. The molecule has 0 unspecified atom stereocenters. The molecule has 0 bridgehead atoms. The number of likely N-dealkylation sites (tertiary alicyclic amines) is 2. The maximum atomic E-state index is 13.4. The summed E-state index contributed by atoms with van der Waals surface area (Å²) in [6.07, 6.45) is 4.31. The molecule has 0 aromatic heterocycles. The Bertz CT molecular complexity index is 809. The first-order valence-corrected chi connectivity index (χ1v) is 11.3. The van der Waals surface area contributed by atoms with E-state index in [-0.39, 0.29) is 21.9 Å². The van der Waals surface area contributed by atoms with Crippen LogP contribution in [-0.2, 0) is 4.79 Å². The van der Waals surface area contributed by atoms with Crippen LogP contribution in [-0.4, -0.2) is 60.9 Å². The fraction of sp³-hybridized carbons (Fsp3) is 0.652. The minimum absolute atomic E-state index is 0.211. The number of benzene rings is 1. The summed E-state index contributed by atoms with van der Waals surface area (Å²) in [5.41, 5.74) is 0.443. The number of carbonyl (C=O) groups is 2. The van der Waals surface area contributed by atoms with E-state index in [4.69, 9.17) is 11.6 Å². The number of nitrogens with zero attached hydrogens (tertiary/aromatic N) is 2. The van der Waals surface area contributed by atoms with Crippen LogP contribution in [0.25, 0.3) is 0 Å².